The lowest BCUT2D eigenvalue weighted by atomic mass is 9.97. The highest BCUT2D eigenvalue weighted by Crippen LogP contribution is 2.42. The quantitative estimate of drug-likeness (QED) is 0.718. The zero-order chi connectivity index (χ0) is 19.9. The van der Waals surface area contributed by atoms with Gasteiger partial charge in [0, 0.05) is 17.4 Å². The van der Waals surface area contributed by atoms with Gasteiger partial charge in [-0.05, 0) is 36.1 Å². The van der Waals surface area contributed by atoms with Gasteiger partial charge in [-0.2, -0.15) is 13.2 Å². The Morgan fingerprint density at radius 3 is 2.63 bits per heavy atom. The van der Waals surface area contributed by atoms with Crippen molar-refractivity contribution < 1.29 is 32.3 Å². The number of benzene rings is 1. The predicted molar refractivity (Wildman–Crippen MR) is 92.0 cm³/mol. The molecule has 0 saturated carbocycles. The minimum absolute atomic E-state index is 0.254. The van der Waals surface area contributed by atoms with E-state index >= 15 is 0 Å². The van der Waals surface area contributed by atoms with Crippen molar-refractivity contribution in [2.45, 2.75) is 31.5 Å². The lowest BCUT2D eigenvalue weighted by Gasteiger charge is -2.26. The number of hydrogen-bond donors (Lipinski definition) is 1. The molecule has 2 aliphatic heterocycles. The van der Waals surface area contributed by atoms with Crippen LogP contribution in [0.5, 0.6) is 0 Å². The molecule has 27 heavy (non-hydrogen) atoms. The van der Waals surface area contributed by atoms with E-state index in [1.807, 2.05) is 12.1 Å². The summed E-state index contributed by atoms with van der Waals surface area (Å²) < 4.78 is 42.9. The molecule has 0 spiro atoms. The molecule has 1 aromatic rings. The van der Waals surface area contributed by atoms with Gasteiger partial charge in [-0.1, -0.05) is 15.9 Å². The third kappa shape index (κ3) is 3.67. The minimum Gasteiger partial charge on any atom is -0.467 e. The third-order valence-electron chi connectivity index (χ3n) is 4.79. The number of hydrogen-bond acceptors (Lipinski definition) is 4. The van der Waals surface area contributed by atoms with E-state index in [0.29, 0.717) is 12.1 Å². The second-order valence-corrected chi connectivity index (χ2v) is 7.38. The van der Waals surface area contributed by atoms with Crippen LogP contribution >= 0.6 is 15.9 Å². The number of methoxy groups -OCH3 is 1. The summed E-state index contributed by atoms with van der Waals surface area (Å²) in [6.45, 7) is -0.452. The molecular formula is C17H16BrF3N2O4. The SMILES string of the molecule is COC(=O)[C@@H]1Cc2cc(Br)cc3c2N1C(=O)[C@@H](CNC(=O)C(F)(F)F)CC3. The van der Waals surface area contributed by atoms with Crippen molar-refractivity contribution >= 4 is 39.4 Å². The van der Waals surface area contributed by atoms with Gasteiger partial charge in [-0.15, -0.1) is 0 Å². The molecule has 1 N–H and O–H groups in total. The largest absolute Gasteiger partial charge is 0.471 e. The van der Waals surface area contributed by atoms with Gasteiger partial charge in [0.25, 0.3) is 0 Å². The molecule has 0 bridgehead atoms. The summed E-state index contributed by atoms with van der Waals surface area (Å²) in [5.41, 5.74) is 2.23. The molecule has 0 saturated heterocycles. The van der Waals surface area contributed by atoms with Gasteiger partial charge in [0.15, 0.2) is 0 Å². The van der Waals surface area contributed by atoms with E-state index in [-0.39, 0.29) is 12.8 Å². The van der Waals surface area contributed by atoms with Crippen LogP contribution in [-0.4, -0.2) is 43.7 Å². The van der Waals surface area contributed by atoms with Crippen LogP contribution in [-0.2, 0) is 32.0 Å². The normalized spacial score (nSPS) is 21.5. The summed E-state index contributed by atoms with van der Waals surface area (Å²) in [6.07, 6.45) is -4.06. The average molecular weight is 449 g/mol. The zero-order valence-electron chi connectivity index (χ0n) is 14.2. The van der Waals surface area contributed by atoms with Crippen molar-refractivity contribution in [1.29, 1.82) is 0 Å². The molecule has 0 aliphatic carbocycles. The standard InChI is InChI=1S/C17H16BrF3N2O4/c1-27-15(25)12-6-10-5-11(18)4-8-2-3-9(14(24)23(12)13(8)10)7-22-16(26)17(19,20)21/h4-5,9,12H,2-3,6-7H2,1H3,(H,22,26)/t9-,12+/m1/s1. The number of carbonyl (C=O) groups excluding carboxylic acids is 3. The number of esters is 1. The first kappa shape index (κ1) is 19.7. The van der Waals surface area contributed by atoms with Gasteiger partial charge < -0.3 is 10.1 Å². The van der Waals surface area contributed by atoms with Crippen molar-refractivity contribution in [2.75, 3.05) is 18.6 Å². The molecule has 3 rings (SSSR count). The highest BCUT2D eigenvalue weighted by atomic mass is 79.9. The van der Waals surface area contributed by atoms with E-state index in [1.54, 1.807) is 5.32 Å². The summed E-state index contributed by atoms with van der Waals surface area (Å²) >= 11 is 3.40. The maximum atomic E-state index is 13.0. The second-order valence-electron chi connectivity index (χ2n) is 6.47. The molecule has 0 unspecified atom stereocenters. The molecule has 2 aliphatic rings. The summed E-state index contributed by atoms with van der Waals surface area (Å²) in [7, 11) is 1.21. The Morgan fingerprint density at radius 1 is 1.33 bits per heavy atom. The lowest BCUT2D eigenvalue weighted by Crippen LogP contribution is -2.49. The van der Waals surface area contributed by atoms with E-state index in [9.17, 15) is 27.6 Å². The van der Waals surface area contributed by atoms with Crippen LogP contribution in [0.3, 0.4) is 0 Å². The number of anilines is 1. The van der Waals surface area contributed by atoms with E-state index in [1.165, 1.54) is 12.0 Å². The lowest BCUT2D eigenvalue weighted by molar-refractivity contribution is -0.173. The van der Waals surface area contributed by atoms with Crippen molar-refractivity contribution in [3.8, 4) is 0 Å². The Bertz CT molecular complexity index is 812. The van der Waals surface area contributed by atoms with Crippen LogP contribution in [0.15, 0.2) is 16.6 Å². The molecule has 2 amide bonds. The fourth-order valence-electron chi connectivity index (χ4n) is 3.57. The zero-order valence-corrected chi connectivity index (χ0v) is 15.8. The summed E-state index contributed by atoms with van der Waals surface area (Å²) in [4.78, 5) is 37.6. The first-order valence-corrected chi connectivity index (χ1v) is 9.00. The molecule has 6 nitrogen and oxygen atoms in total. The van der Waals surface area contributed by atoms with Gasteiger partial charge in [0.05, 0.1) is 18.7 Å². The van der Waals surface area contributed by atoms with Crippen LogP contribution in [0.1, 0.15) is 17.5 Å². The number of nitrogens with zero attached hydrogens (tertiary/aromatic N) is 1. The number of rotatable bonds is 3. The molecule has 146 valence electrons. The van der Waals surface area contributed by atoms with Gasteiger partial charge in [0.1, 0.15) is 6.04 Å². The van der Waals surface area contributed by atoms with Gasteiger partial charge >= 0.3 is 18.1 Å². The Labute approximate surface area is 161 Å². The van der Waals surface area contributed by atoms with E-state index in [0.717, 1.165) is 15.6 Å². The van der Waals surface area contributed by atoms with E-state index in [2.05, 4.69) is 15.9 Å². The van der Waals surface area contributed by atoms with Crippen LogP contribution in [0.2, 0.25) is 0 Å². The van der Waals surface area contributed by atoms with Crippen LogP contribution in [0, 0.1) is 5.92 Å². The number of halogens is 4. The topological polar surface area (TPSA) is 75.7 Å². The van der Waals surface area contributed by atoms with Crippen molar-refractivity contribution in [3.05, 3.63) is 27.7 Å². The van der Waals surface area contributed by atoms with Crippen molar-refractivity contribution in [2.24, 2.45) is 5.92 Å². The maximum absolute atomic E-state index is 13.0. The third-order valence-corrected chi connectivity index (χ3v) is 5.24. The maximum Gasteiger partial charge on any atom is 0.471 e. The molecule has 0 radical (unpaired) electrons. The van der Waals surface area contributed by atoms with Crippen LogP contribution in [0.25, 0.3) is 0 Å². The van der Waals surface area contributed by atoms with Crippen molar-refractivity contribution in [1.82, 2.24) is 5.32 Å². The van der Waals surface area contributed by atoms with E-state index in [4.69, 9.17) is 4.74 Å². The Balaban J connectivity index is 1.91. The second kappa shape index (κ2) is 7.14. The molecule has 2 atom stereocenters. The highest BCUT2D eigenvalue weighted by molar-refractivity contribution is 9.10. The monoisotopic (exact) mass is 448 g/mol. The molecule has 2 heterocycles. The number of ether oxygens (including phenoxy) is 1. The van der Waals surface area contributed by atoms with E-state index < -0.39 is 42.5 Å². The average Bonchev–Trinajstić information content (AvgIpc) is 2.91. The minimum atomic E-state index is -5.02. The summed E-state index contributed by atoms with van der Waals surface area (Å²) in [5, 5.41) is 1.77. The highest BCUT2D eigenvalue weighted by Gasteiger charge is 2.45. The Hall–Kier alpha value is -2.10. The fourth-order valence-corrected chi connectivity index (χ4v) is 4.13. The van der Waals surface area contributed by atoms with Gasteiger partial charge in [-0.3, -0.25) is 14.5 Å². The Morgan fingerprint density at radius 2 is 2.00 bits per heavy atom. The summed E-state index contributed by atoms with van der Waals surface area (Å²) in [6, 6.07) is 2.77. The van der Waals surface area contributed by atoms with Gasteiger partial charge in [0.2, 0.25) is 5.91 Å². The fraction of sp³-hybridized carbons (Fsp3) is 0.471. The smallest absolute Gasteiger partial charge is 0.467 e. The summed E-state index contributed by atoms with van der Waals surface area (Å²) in [5.74, 6) is -4.05. The van der Waals surface area contributed by atoms with Crippen molar-refractivity contribution in [3.63, 3.8) is 0 Å². The number of carbonyl (C=O) groups is 3. The first-order chi connectivity index (χ1) is 12.6. The molecule has 1 aromatic carbocycles. The molecular weight excluding hydrogens is 433 g/mol. The van der Waals surface area contributed by atoms with Gasteiger partial charge in [-0.25, -0.2) is 4.79 Å². The molecule has 0 aromatic heterocycles. The predicted octanol–water partition coefficient (Wildman–Crippen LogP) is 2.12. The first-order valence-electron chi connectivity index (χ1n) is 8.20. The molecule has 0 fully saturated rings. The van der Waals surface area contributed by atoms with Crippen LogP contribution < -0.4 is 10.2 Å². The number of alkyl halides is 3. The number of amides is 2. The molecule has 10 heteroatoms. The number of nitrogens with one attached hydrogen (secondary N) is 1. The van der Waals surface area contributed by atoms with Crippen LogP contribution in [0.4, 0.5) is 18.9 Å². The Kier molecular flexibility index (Phi) is 5.20. The number of aryl methyl sites for hydroxylation is 1.